The third-order valence-electron chi connectivity index (χ3n) is 5.05. The molecule has 0 aliphatic heterocycles. The summed E-state index contributed by atoms with van der Waals surface area (Å²) < 4.78 is 16.3. The fraction of sp³-hybridized carbons (Fsp3) is 0.500. The Hall–Kier alpha value is -2.45. The van der Waals surface area contributed by atoms with E-state index >= 15 is 0 Å². The van der Waals surface area contributed by atoms with Gasteiger partial charge in [0.15, 0.2) is 17.5 Å². The van der Waals surface area contributed by atoms with Crippen LogP contribution in [0.15, 0.2) is 34.0 Å². The zero-order chi connectivity index (χ0) is 21.9. The maximum absolute atomic E-state index is 5.44. The molecule has 0 aliphatic rings. The number of nitrogens with zero attached hydrogens (tertiary/aromatic N) is 2. The maximum Gasteiger partial charge on any atom is 0.203 e. The molecule has 1 aromatic heterocycles. The zero-order valence-electron chi connectivity index (χ0n) is 18.8. The van der Waals surface area contributed by atoms with Gasteiger partial charge in [-0.3, -0.25) is 9.89 Å². The van der Waals surface area contributed by atoms with Gasteiger partial charge in [0.1, 0.15) is 0 Å². The van der Waals surface area contributed by atoms with Crippen molar-refractivity contribution in [3.63, 3.8) is 0 Å². The van der Waals surface area contributed by atoms with Crippen LogP contribution in [0, 0.1) is 0 Å². The predicted octanol–water partition coefficient (Wildman–Crippen LogP) is 3.52. The first kappa shape index (κ1) is 23.8. The summed E-state index contributed by atoms with van der Waals surface area (Å²) >= 11 is 1.73. The van der Waals surface area contributed by atoms with Crippen molar-refractivity contribution in [3.05, 3.63) is 40.1 Å². The lowest BCUT2D eigenvalue weighted by atomic mass is 10.1. The Morgan fingerprint density at radius 2 is 1.73 bits per heavy atom. The van der Waals surface area contributed by atoms with Crippen LogP contribution in [0.5, 0.6) is 17.2 Å². The average molecular weight is 435 g/mol. The quantitative estimate of drug-likeness (QED) is 0.417. The number of benzene rings is 1. The normalized spacial score (nSPS) is 12.6. The van der Waals surface area contributed by atoms with E-state index in [-0.39, 0.29) is 0 Å². The predicted molar refractivity (Wildman–Crippen MR) is 124 cm³/mol. The monoisotopic (exact) mass is 434 g/mol. The molecule has 1 aromatic carbocycles. The minimum Gasteiger partial charge on any atom is -0.493 e. The zero-order valence-corrected chi connectivity index (χ0v) is 19.6. The fourth-order valence-electron chi connectivity index (χ4n) is 3.42. The van der Waals surface area contributed by atoms with Crippen molar-refractivity contribution < 1.29 is 14.2 Å². The van der Waals surface area contributed by atoms with Crippen LogP contribution in [-0.4, -0.2) is 58.9 Å². The van der Waals surface area contributed by atoms with Crippen molar-refractivity contribution in [2.24, 2.45) is 4.99 Å². The maximum atomic E-state index is 5.44. The third-order valence-corrected chi connectivity index (χ3v) is 5.75. The summed E-state index contributed by atoms with van der Waals surface area (Å²) in [4.78, 5) is 6.82. The van der Waals surface area contributed by atoms with Crippen LogP contribution >= 0.6 is 11.3 Å². The number of nitrogens with one attached hydrogen (secondary N) is 2. The number of thiophene rings is 1. The Morgan fingerprint density at radius 3 is 2.20 bits per heavy atom. The Labute approximate surface area is 184 Å². The van der Waals surface area contributed by atoms with Gasteiger partial charge in [-0.1, -0.05) is 13.8 Å². The van der Waals surface area contributed by atoms with Crippen molar-refractivity contribution in [1.29, 1.82) is 0 Å². The lowest BCUT2D eigenvalue weighted by molar-refractivity contribution is 0.219. The summed E-state index contributed by atoms with van der Waals surface area (Å²) in [5.74, 6) is 2.60. The van der Waals surface area contributed by atoms with Crippen LogP contribution in [0.1, 0.15) is 31.0 Å². The molecule has 166 valence electrons. The molecule has 7 nitrogen and oxygen atoms in total. The first-order valence-electron chi connectivity index (χ1n) is 10.1. The highest BCUT2D eigenvalue weighted by Crippen LogP contribution is 2.38. The largest absolute Gasteiger partial charge is 0.493 e. The third kappa shape index (κ3) is 6.03. The molecule has 30 heavy (non-hydrogen) atoms. The summed E-state index contributed by atoms with van der Waals surface area (Å²) in [7, 11) is 6.62. The van der Waals surface area contributed by atoms with Crippen molar-refractivity contribution in [2.75, 3.05) is 48.0 Å². The van der Waals surface area contributed by atoms with Crippen molar-refractivity contribution in [1.82, 2.24) is 15.5 Å². The van der Waals surface area contributed by atoms with Gasteiger partial charge in [0.25, 0.3) is 0 Å². The number of methoxy groups -OCH3 is 3. The van der Waals surface area contributed by atoms with E-state index in [1.54, 1.807) is 39.7 Å². The lowest BCUT2D eigenvalue weighted by Gasteiger charge is -2.30. The molecule has 0 fully saturated rings. The lowest BCUT2D eigenvalue weighted by Crippen LogP contribution is -2.42. The average Bonchev–Trinajstić information content (AvgIpc) is 3.32. The van der Waals surface area contributed by atoms with E-state index < -0.39 is 0 Å². The van der Waals surface area contributed by atoms with E-state index in [1.807, 2.05) is 12.1 Å². The van der Waals surface area contributed by atoms with Crippen LogP contribution < -0.4 is 24.8 Å². The smallest absolute Gasteiger partial charge is 0.203 e. The molecule has 0 saturated heterocycles. The highest BCUT2D eigenvalue weighted by Gasteiger charge is 2.19. The molecular weight excluding hydrogens is 400 g/mol. The molecule has 1 heterocycles. The summed E-state index contributed by atoms with van der Waals surface area (Å²) in [5, 5.41) is 11.2. The SMILES string of the molecule is CCN(CC)C(CNC(=NC)NCc1cc(OC)c(OC)c(OC)c1)c1ccsc1. The second kappa shape index (κ2) is 12.3. The molecule has 1 atom stereocenters. The van der Waals surface area contributed by atoms with Crippen LogP contribution in [0.2, 0.25) is 0 Å². The minimum absolute atomic E-state index is 0.297. The number of ether oxygens (including phenoxy) is 3. The van der Waals surface area contributed by atoms with Gasteiger partial charge in [0.2, 0.25) is 5.75 Å². The molecule has 0 saturated carbocycles. The summed E-state index contributed by atoms with van der Waals surface area (Å²) in [5.41, 5.74) is 2.34. The number of rotatable bonds is 11. The van der Waals surface area contributed by atoms with E-state index in [2.05, 4.69) is 51.2 Å². The molecule has 2 rings (SSSR count). The van der Waals surface area contributed by atoms with E-state index in [1.165, 1.54) is 5.56 Å². The van der Waals surface area contributed by atoms with Gasteiger partial charge in [-0.25, -0.2) is 0 Å². The van der Waals surface area contributed by atoms with Crippen LogP contribution in [0.3, 0.4) is 0 Å². The molecule has 0 spiro atoms. The van der Waals surface area contributed by atoms with Crippen LogP contribution in [-0.2, 0) is 6.54 Å². The first-order chi connectivity index (χ1) is 14.6. The summed E-state index contributed by atoms with van der Waals surface area (Å²) in [6.45, 7) is 7.73. The number of guanidine groups is 1. The van der Waals surface area contributed by atoms with Crippen molar-refractivity contribution >= 4 is 17.3 Å². The molecule has 0 bridgehead atoms. The number of hydrogen-bond acceptors (Lipinski definition) is 6. The van der Waals surface area contributed by atoms with Gasteiger partial charge < -0.3 is 24.8 Å². The molecule has 0 amide bonds. The second-order valence-corrected chi connectivity index (χ2v) is 7.41. The van der Waals surface area contributed by atoms with Gasteiger partial charge in [-0.05, 0) is 53.2 Å². The Bertz CT molecular complexity index is 767. The standard InChI is InChI=1S/C22H34N4O3S/c1-7-26(8-2)18(17-9-10-30-15-17)14-25-22(23-3)24-13-16-11-19(27-4)21(29-6)20(12-16)28-5/h9-12,15,18H,7-8,13-14H2,1-6H3,(H2,23,24,25). The topological polar surface area (TPSA) is 67.4 Å². The van der Waals surface area contributed by atoms with Gasteiger partial charge in [0, 0.05) is 20.1 Å². The highest BCUT2D eigenvalue weighted by molar-refractivity contribution is 7.07. The van der Waals surface area contributed by atoms with E-state index in [0.717, 1.165) is 31.2 Å². The molecule has 0 radical (unpaired) electrons. The van der Waals surface area contributed by atoms with Crippen LogP contribution in [0.4, 0.5) is 0 Å². The molecular formula is C22H34N4O3S. The molecule has 2 N–H and O–H groups in total. The summed E-state index contributed by atoms with van der Waals surface area (Å²) in [6, 6.07) is 6.37. The number of aliphatic imine (C=N–C) groups is 1. The Kier molecular flexibility index (Phi) is 9.76. The van der Waals surface area contributed by atoms with Gasteiger partial charge >= 0.3 is 0 Å². The Morgan fingerprint density at radius 1 is 1.07 bits per heavy atom. The molecule has 8 heteroatoms. The summed E-state index contributed by atoms with van der Waals surface area (Å²) in [6.07, 6.45) is 0. The minimum atomic E-state index is 0.297. The Balaban J connectivity index is 2.05. The van der Waals surface area contributed by atoms with E-state index in [0.29, 0.717) is 29.8 Å². The van der Waals surface area contributed by atoms with Crippen LogP contribution in [0.25, 0.3) is 0 Å². The number of hydrogen-bond donors (Lipinski definition) is 2. The van der Waals surface area contributed by atoms with E-state index in [4.69, 9.17) is 14.2 Å². The molecule has 1 unspecified atom stereocenters. The second-order valence-electron chi connectivity index (χ2n) is 6.63. The fourth-order valence-corrected chi connectivity index (χ4v) is 4.13. The van der Waals surface area contributed by atoms with E-state index in [9.17, 15) is 0 Å². The van der Waals surface area contributed by atoms with Gasteiger partial charge in [-0.2, -0.15) is 11.3 Å². The van der Waals surface area contributed by atoms with Gasteiger partial charge in [0.05, 0.1) is 27.4 Å². The molecule has 0 aliphatic carbocycles. The highest BCUT2D eigenvalue weighted by atomic mass is 32.1. The molecule has 2 aromatic rings. The number of likely N-dealkylation sites (N-methyl/N-ethyl adjacent to an activating group) is 1. The first-order valence-corrected chi connectivity index (χ1v) is 11.0. The van der Waals surface area contributed by atoms with Crippen molar-refractivity contribution in [3.8, 4) is 17.2 Å². The van der Waals surface area contributed by atoms with Crippen molar-refractivity contribution in [2.45, 2.75) is 26.4 Å². The van der Waals surface area contributed by atoms with Gasteiger partial charge in [-0.15, -0.1) is 0 Å².